The molecule has 0 spiro atoms. The number of pyridine rings is 1. The molecule has 0 aliphatic heterocycles. The molecule has 5 nitrogen and oxygen atoms in total. The first-order valence-electron chi connectivity index (χ1n) is 7.66. The average Bonchev–Trinajstić information content (AvgIpc) is 3.04. The van der Waals surface area contributed by atoms with Crippen LogP contribution in [-0.2, 0) is 11.3 Å². The molecule has 0 aliphatic rings. The summed E-state index contributed by atoms with van der Waals surface area (Å²) in [6, 6.07) is 5.70. The van der Waals surface area contributed by atoms with Crippen molar-refractivity contribution < 1.29 is 9.53 Å². The molecule has 3 aromatic rings. The Morgan fingerprint density at radius 3 is 2.71 bits per heavy atom. The maximum atomic E-state index is 12.5. The smallest absolute Gasteiger partial charge is 0.340 e. The van der Waals surface area contributed by atoms with Gasteiger partial charge in [-0.1, -0.05) is 0 Å². The first-order chi connectivity index (χ1) is 11.5. The zero-order valence-corrected chi connectivity index (χ0v) is 15.0. The number of hydrogen-bond donors (Lipinski definition) is 0. The molecule has 6 heteroatoms. The topological polar surface area (TPSA) is 57.0 Å². The first kappa shape index (κ1) is 16.4. The molecule has 0 radical (unpaired) electrons. The standard InChI is InChI=1S/C18H19N3O2S/c1-11-8-16(13(3)21(11)15-6-5-7-19-9-15)18(22)23-10-17-12(2)20-14(4)24-17/h5-9H,10H2,1-4H3. The number of hydrogen-bond acceptors (Lipinski definition) is 5. The van der Waals surface area contributed by atoms with E-state index in [0.717, 1.165) is 32.7 Å². The maximum absolute atomic E-state index is 12.5. The molecule has 3 heterocycles. The Kier molecular flexibility index (Phi) is 4.49. The average molecular weight is 341 g/mol. The molecule has 3 aromatic heterocycles. The fourth-order valence-corrected chi connectivity index (χ4v) is 3.62. The summed E-state index contributed by atoms with van der Waals surface area (Å²) in [5.74, 6) is -0.316. The summed E-state index contributed by atoms with van der Waals surface area (Å²) < 4.78 is 7.50. The second-order valence-corrected chi connectivity index (χ2v) is 6.94. The largest absolute Gasteiger partial charge is 0.456 e. The van der Waals surface area contributed by atoms with Gasteiger partial charge >= 0.3 is 5.97 Å². The third-order valence-electron chi connectivity index (χ3n) is 3.89. The van der Waals surface area contributed by atoms with Gasteiger partial charge in [0, 0.05) is 17.6 Å². The van der Waals surface area contributed by atoms with Gasteiger partial charge in [0.05, 0.1) is 33.0 Å². The minimum atomic E-state index is -0.316. The first-order valence-corrected chi connectivity index (χ1v) is 8.48. The summed E-state index contributed by atoms with van der Waals surface area (Å²) in [7, 11) is 0. The van der Waals surface area contributed by atoms with Crippen LogP contribution in [0.4, 0.5) is 0 Å². The van der Waals surface area contributed by atoms with Crippen LogP contribution in [0.3, 0.4) is 0 Å². The molecule has 0 aliphatic carbocycles. The van der Waals surface area contributed by atoms with Gasteiger partial charge in [0.2, 0.25) is 0 Å². The van der Waals surface area contributed by atoms with Crippen molar-refractivity contribution in [1.82, 2.24) is 14.5 Å². The third-order valence-corrected chi connectivity index (χ3v) is 4.94. The Labute approximate surface area is 145 Å². The van der Waals surface area contributed by atoms with Crippen LogP contribution in [0.25, 0.3) is 5.69 Å². The highest BCUT2D eigenvalue weighted by Gasteiger charge is 2.18. The van der Waals surface area contributed by atoms with Crippen molar-refractivity contribution >= 4 is 17.3 Å². The molecule has 0 aromatic carbocycles. The number of aromatic nitrogens is 3. The van der Waals surface area contributed by atoms with E-state index in [1.54, 1.807) is 23.7 Å². The normalized spacial score (nSPS) is 10.8. The Morgan fingerprint density at radius 2 is 2.08 bits per heavy atom. The van der Waals surface area contributed by atoms with Crippen molar-refractivity contribution in [2.45, 2.75) is 34.3 Å². The zero-order valence-electron chi connectivity index (χ0n) is 14.2. The van der Waals surface area contributed by atoms with E-state index in [1.165, 1.54) is 0 Å². The summed E-state index contributed by atoms with van der Waals surface area (Å²) in [5, 5.41) is 0.980. The number of thiazole rings is 1. The second-order valence-electron chi connectivity index (χ2n) is 5.65. The van der Waals surface area contributed by atoms with Crippen LogP contribution in [0.5, 0.6) is 0 Å². The van der Waals surface area contributed by atoms with Gasteiger partial charge in [0.25, 0.3) is 0 Å². The lowest BCUT2D eigenvalue weighted by molar-refractivity contribution is 0.0475. The van der Waals surface area contributed by atoms with Crippen molar-refractivity contribution in [3.8, 4) is 5.69 Å². The van der Waals surface area contributed by atoms with Crippen LogP contribution >= 0.6 is 11.3 Å². The highest BCUT2D eigenvalue weighted by atomic mass is 32.1. The fraction of sp³-hybridized carbons (Fsp3) is 0.278. The van der Waals surface area contributed by atoms with Crippen molar-refractivity contribution in [1.29, 1.82) is 0 Å². The highest BCUT2D eigenvalue weighted by Crippen LogP contribution is 2.23. The van der Waals surface area contributed by atoms with E-state index >= 15 is 0 Å². The Bertz CT molecular complexity index is 881. The van der Waals surface area contributed by atoms with Gasteiger partial charge in [-0.3, -0.25) is 4.98 Å². The van der Waals surface area contributed by atoms with Gasteiger partial charge in [-0.2, -0.15) is 0 Å². The van der Waals surface area contributed by atoms with Gasteiger partial charge in [-0.15, -0.1) is 11.3 Å². The number of esters is 1. The van der Waals surface area contributed by atoms with Crippen LogP contribution in [-0.4, -0.2) is 20.5 Å². The minimum Gasteiger partial charge on any atom is -0.456 e. The van der Waals surface area contributed by atoms with E-state index in [4.69, 9.17) is 4.74 Å². The molecule has 0 unspecified atom stereocenters. The molecule has 3 rings (SSSR count). The summed E-state index contributed by atoms with van der Waals surface area (Å²) in [4.78, 5) is 22.0. The third kappa shape index (κ3) is 3.10. The Balaban J connectivity index is 1.82. The van der Waals surface area contributed by atoms with Crippen LogP contribution in [0.15, 0.2) is 30.6 Å². The van der Waals surface area contributed by atoms with E-state index in [1.807, 2.05) is 50.5 Å². The number of aryl methyl sites for hydroxylation is 3. The molecule has 0 atom stereocenters. The molecule has 0 fully saturated rings. The summed E-state index contributed by atoms with van der Waals surface area (Å²) in [5.41, 5.74) is 4.25. The predicted molar refractivity (Wildman–Crippen MR) is 93.7 cm³/mol. The maximum Gasteiger partial charge on any atom is 0.340 e. The lowest BCUT2D eigenvalue weighted by Crippen LogP contribution is -2.07. The molecular weight excluding hydrogens is 322 g/mol. The molecule has 124 valence electrons. The quantitative estimate of drug-likeness (QED) is 0.675. The van der Waals surface area contributed by atoms with Crippen molar-refractivity contribution in [2.75, 3.05) is 0 Å². The van der Waals surface area contributed by atoms with Crippen LogP contribution < -0.4 is 0 Å². The molecular formula is C18H19N3O2S. The number of rotatable bonds is 4. The van der Waals surface area contributed by atoms with Crippen LogP contribution in [0.1, 0.15) is 37.3 Å². The lowest BCUT2D eigenvalue weighted by Gasteiger charge is -2.09. The number of ether oxygens (including phenoxy) is 1. The van der Waals surface area contributed by atoms with E-state index in [9.17, 15) is 4.79 Å². The van der Waals surface area contributed by atoms with Gasteiger partial charge in [0.1, 0.15) is 6.61 Å². The molecule has 0 saturated carbocycles. The Morgan fingerprint density at radius 1 is 1.29 bits per heavy atom. The van der Waals surface area contributed by atoms with Crippen LogP contribution in [0.2, 0.25) is 0 Å². The van der Waals surface area contributed by atoms with E-state index < -0.39 is 0 Å². The Hall–Kier alpha value is -2.47. The molecule has 24 heavy (non-hydrogen) atoms. The van der Waals surface area contributed by atoms with Crippen molar-refractivity contribution in [3.63, 3.8) is 0 Å². The molecule has 0 N–H and O–H groups in total. The van der Waals surface area contributed by atoms with E-state index in [2.05, 4.69) is 9.97 Å². The predicted octanol–water partition coefficient (Wildman–Crippen LogP) is 3.92. The van der Waals surface area contributed by atoms with Gasteiger partial charge < -0.3 is 9.30 Å². The van der Waals surface area contributed by atoms with E-state index in [0.29, 0.717) is 5.56 Å². The molecule has 0 saturated heterocycles. The fourth-order valence-electron chi connectivity index (χ4n) is 2.77. The number of nitrogens with zero attached hydrogens (tertiary/aromatic N) is 3. The zero-order chi connectivity index (χ0) is 17.3. The summed E-state index contributed by atoms with van der Waals surface area (Å²) >= 11 is 1.56. The highest BCUT2D eigenvalue weighted by molar-refractivity contribution is 7.11. The van der Waals surface area contributed by atoms with Gasteiger partial charge in [-0.05, 0) is 45.9 Å². The summed E-state index contributed by atoms with van der Waals surface area (Å²) in [6.45, 7) is 8.02. The van der Waals surface area contributed by atoms with Crippen molar-refractivity contribution in [2.24, 2.45) is 0 Å². The SMILES string of the molecule is Cc1nc(C)c(COC(=O)c2cc(C)n(-c3cccnc3)c2C)s1. The second kappa shape index (κ2) is 6.57. The monoisotopic (exact) mass is 341 g/mol. The number of carbonyl (C=O) groups excluding carboxylic acids is 1. The van der Waals surface area contributed by atoms with Crippen LogP contribution in [0, 0.1) is 27.7 Å². The summed E-state index contributed by atoms with van der Waals surface area (Å²) in [6.07, 6.45) is 3.50. The lowest BCUT2D eigenvalue weighted by atomic mass is 10.2. The minimum absolute atomic E-state index is 0.257. The van der Waals surface area contributed by atoms with Crippen molar-refractivity contribution in [3.05, 3.63) is 63.1 Å². The number of carbonyl (C=O) groups is 1. The molecule has 0 bridgehead atoms. The van der Waals surface area contributed by atoms with Gasteiger partial charge in [-0.25, -0.2) is 9.78 Å². The molecule has 0 amide bonds. The van der Waals surface area contributed by atoms with Gasteiger partial charge in [0.15, 0.2) is 0 Å². The van der Waals surface area contributed by atoms with E-state index in [-0.39, 0.29) is 12.6 Å².